The number of nitrogens with one attached hydrogen (secondary N) is 1. The van der Waals surface area contributed by atoms with Crippen molar-refractivity contribution in [3.05, 3.63) is 0 Å². The summed E-state index contributed by atoms with van der Waals surface area (Å²) in [5.74, 6) is -1.18. The number of alkyl halides is 2. The van der Waals surface area contributed by atoms with Gasteiger partial charge in [-0.2, -0.15) is 0 Å². The predicted molar refractivity (Wildman–Crippen MR) is 70.9 cm³/mol. The van der Waals surface area contributed by atoms with Crippen LogP contribution in [-0.4, -0.2) is 18.5 Å². The Kier molecular flexibility index (Phi) is 4.99. The van der Waals surface area contributed by atoms with Crippen LogP contribution in [0.3, 0.4) is 0 Å². The lowest BCUT2D eigenvalue weighted by Crippen LogP contribution is -2.45. The molecule has 1 N–H and O–H groups in total. The first kappa shape index (κ1) is 14.2. The Bertz CT molecular complexity index is 239. The van der Waals surface area contributed by atoms with Crippen molar-refractivity contribution < 1.29 is 8.78 Å². The van der Waals surface area contributed by atoms with E-state index >= 15 is 0 Å². The van der Waals surface area contributed by atoms with E-state index in [0.29, 0.717) is 24.8 Å². The summed E-state index contributed by atoms with van der Waals surface area (Å²) in [6, 6.07) is 0.492. The van der Waals surface area contributed by atoms with Crippen LogP contribution in [0, 0.1) is 11.8 Å². The molecule has 18 heavy (non-hydrogen) atoms. The average molecular weight is 259 g/mol. The minimum absolute atomic E-state index is 0.103. The number of hydrogen-bond acceptors (Lipinski definition) is 1. The van der Waals surface area contributed by atoms with Crippen LogP contribution in [0.25, 0.3) is 0 Å². The Labute approximate surface area is 110 Å². The second-order valence-corrected chi connectivity index (χ2v) is 6.17. The molecular formula is C15H27F2N. The average Bonchev–Trinajstić information content (AvgIpc) is 2.38. The topological polar surface area (TPSA) is 12.0 Å². The molecule has 0 amide bonds. The van der Waals surface area contributed by atoms with Gasteiger partial charge in [0.2, 0.25) is 5.92 Å². The molecule has 0 aromatic carbocycles. The molecule has 0 aliphatic heterocycles. The Balaban J connectivity index is 1.92. The standard InChI is InChI=1S/C15H27F2N/c1-2-18-14(12-6-4-3-5-7-12)13-8-10-15(16,17)11-9-13/h12-14,18H,2-11H2,1H3. The number of halogens is 2. The monoisotopic (exact) mass is 259 g/mol. The lowest BCUT2D eigenvalue weighted by atomic mass is 9.73. The fraction of sp³-hybridized carbons (Fsp3) is 1.00. The maximum absolute atomic E-state index is 13.2. The molecule has 1 atom stereocenters. The van der Waals surface area contributed by atoms with E-state index in [4.69, 9.17) is 0 Å². The summed E-state index contributed by atoms with van der Waals surface area (Å²) >= 11 is 0. The maximum Gasteiger partial charge on any atom is 0.248 e. The maximum atomic E-state index is 13.2. The Morgan fingerprint density at radius 3 is 2.11 bits per heavy atom. The fourth-order valence-corrected chi connectivity index (χ4v) is 3.87. The van der Waals surface area contributed by atoms with Gasteiger partial charge in [-0.3, -0.25) is 0 Å². The van der Waals surface area contributed by atoms with Crippen molar-refractivity contribution in [3.8, 4) is 0 Å². The van der Waals surface area contributed by atoms with Crippen molar-refractivity contribution in [2.24, 2.45) is 11.8 Å². The van der Waals surface area contributed by atoms with Crippen molar-refractivity contribution >= 4 is 0 Å². The Hall–Kier alpha value is -0.180. The molecule has 0 bridgehead atoms. The van der Waals surface area contributed by atoms with E-state index in [-0.39, 0.29) is 12.8 Å². The molecule has 2 aliphatic rings. The van der Waals surface area contributed by atoms with Crippen molar-refractivity contribution in [1.82, 2.24) is 5.32 Å². The molecule has 1 nitrogen and oxygen atoms in total. The number of hydrogen-bond donors (Lipinski definition) is 1. The van der Waals surface area contributed by atoms with Gasteiger partial charge in [0.25, 0.3) is 0 Å². The van der Waals surface area contributed by atoms with Crippen molar-refractivity contribution in [3.63, 3.8) is 0 Å². The smallest absolute Gasteiger partial charge is 0.248 e. The van der Waals surface area contributed by atoms with Crippen molar-refractivity contribution in [2.45, 2.75) is 76.7 Å². The van der Waals surface area contributed by atoms with E-state index in [2.05, 4.69) is 12.2 Å². The minimum atomic E-state index is -2.39. The third-order valence-electron chi connectivity index (χ3n) is 4.87. The van der Waals surface area contributed by atoms with E-state index in [1.165, 1.54) is 32.1 Å². The van der Waals surface area contributed by atoms with Crippen LogP contribution in [0.15, 0.2) is 0 Å². The Morgan fingerprint density at radius 1 is 1.00 bits per heavy atom. The van der Waals surface area contributed by atoms with Crippen LogP contribution >= 0.6 is 0 Å². The summed E-state index contributed by atoms with van der Waals surface area (Å²) in [4.78, 5) is 0. The first-order valence-corrected chi connectivity index (χ1v) is 7.73. The van der Waals surface area contributed by atoms with Gasteiger partial charge in [-0.1, -0.05) is 26.2 Å². The summed E-state index contributed by atoms with van der Waals surface area (Å²) in [6.45, 7) is 3.10. The summed E-state index contributed by atoms with van der Waals surface area (Å²) in [5.41, 5.74) is 0. The summed E-state index contributed by atoms with van der Waals surface area (Å²) in [5, 5.41) is 3.60. The molecule has 106 valence electrons. The highest BCUT2D eigenvalue weighted by atomic mass is 19.3. The molecule has 1 unspecified atom stereocenters. The second kappa shape index (κ2) is 6.31. The quantitative estimate of drug-likeness (QED) is 0.790. The van der Waals surface area contributed by atoms with Gasteiger partial charge in [0.15, 0.2) is 0 Å². The van der Waals surface area contributed by atoms with Crippen molar-refractivity contribution in [2.75, 3.05) is 6.54 Å². The highest BCUT2D eigenvalue weighted by Crippen LogP contribution is 2.40. The molecule has 0 radical (unpaired) electrons. The molecule has 2 saturated carbocycles. The Morgan fingerprint density at radius 2 is 1.56 bits per heavy atom. The zero-order valence-electron chi connectivity index (χ0n) is 11.6. The molecule has 0 saturated heterocycles. The molecule has 2 rings (SSSR count). The van der Waals surface area contributed by atoms with E-state index < -0.39 is 5.92 Å². The number of rotatable bonds is 4. The first-order chi connectivity index (χ1) is 8.62. The SMILES string of the molecule is CCNC(C1CCCCC1)C1CCC(F)(F)CC1. The van der Waals surface area contributed by atoms with Crippen LogP contribution in [0.1, 0.15) is 64.7 Å². The third kappa shape index (κ3) is 3.66. The van der Waals surface area contributed by atoms with Gasteiger partial charge < -0.3 is 5.32 Å². The zero-order chi connectivity index (χ0) is 13.0. The third-order valence-corrected chi connectivity index (χ3v) is 4.87. The van der Waals surface area contributed by atoms with Crippen LogP contribution in [0.4, 0.5) is 8.78 Å². The molecule has 3 heteroatoms. The fourth-order valence-electron chi connectivity index (χ4n) is 3.87. The van der Waals surface area contributed by atoms with Gasteiger partial charge in [-0.15, -0.1) is 0 Å². The molecule has 0 heterocycles. The predicted octanol–water partition coefficient (Wildman–Crippen LogP) is 4.37. The van der Waals surface area contributed by atoms with Gasteiger partial charge in [-0.05, 0) is 44.1 Å². The molecule has 2 aliphatic carbocycles. The van der Waals surface area contributed by atoms with E-state index in [1.54, 1.807) is 0 Å². The van der Waals surface area contributed by atoms with Crippen LogP contribution < -0.4 is 5.32 Å². The van der Waals surface area contributed by atoms with Crippen molar-refractivity contribution in [1.29, 1.82) is 0 Å². The summed E-state index contributed by atoms with van der Waals surface area (Å²) < 4.78 is 26.5. The summed E-state index contributed by atoms with van der Waals surface area (Å²) in [7, 11) is 0. The first-order valence-electron chi connectivity index (χ1n) is 7.73. The minimum Gasteiger partial charge on any atom is -0.314 e. The largest absolute Gasteiger partial charge is 0.314 e. The van der Waals surface area contributed by atoms with Crippen LogP contribution in [0.5, 0.6) is 0 Å². The van der Waals surface area contributed by atoms with Gasteiger partial charge >= 0.3 is 0 Å². The van der Waals surface area contributed by atoms with Crippen LogP contribution in [0.2, 0.25) is 0 Å². The summed E-state index contributed by atoms with van der Waals surface area (Å²) in [6.07, 6.45) is 8.24. The lowest BCUT2D eigenvalue weighted by Gasteiger charge is -2.39. The highest BCUT2D eigenvalue weighted by Gasteiger charge is 2.39. The van der Waals surface area contributed by atoms with Gasteiger partial charge in [0.1, 0.15) is 0 Å². The van der Waals surface area contributed by atoms with Gasteiger partial charge in [-0.25, -0.2) is 8.78 Å². The molecule has 0 aromatic heterocycles. The highest BCUT2D eigenvalue weighted by molar-refractivity contribution is 4.89. The molecular weight excluding hydrogens is 232 g/mol. The molecule has 2 fully saturated rings. The van der Waals surface area contributed by atoms with Gasteiger partial charge in [0.05, 0.1) is 0 Å². The van der Waals surface area contributed by atoms with Gasteiger partial charge in [0, 0.05) is 18.9 Å². The normalized spacial score (nSPS) is 28.2. The second-order valence-electron chi connectivity index (χ2n) is 6.17. The van der Waals surface area contributed by atoms with Crippen LogP contribution in [-0.2, 0) is 0 Å². The zero-order valence-corrected chi connectivity index (χ0v) is 11.6. The molecule has 0 aromatic rings. The lowest BCUT2D eigenvalue weighted by molar-refractivity contribution is -0.0527. The molecule has 0 spiro atoms. The van der Waals surface area contributed by atoms with E-state index in [1.807, 2.05) is 0 Å². The van der Waals surface area contributed by atoms with E-state index in [9.17, 15) is 8.78 Å². The van der Waals surface area contributed by atoms with E-state index in [0.717, 1.165) is 12.5 Å².